The lowest BCUT2D eigenvalue weighted by Gasteiger charge is -2.46. The Bertz CT molecular complexity index is 1600. The van der Waals surface area contributed by atoms with Crippen molar-refractivity contribution in [3.8, 4) is 22.9 Å². The fraction of sp³-hybridized carbons (Fsp3) is 0.269. The molecule has 192 valence electrons. The Balaban J connectivity index is 1.43. The van der Waals surface area contributed by atoms with Crippen LogP contribution in [0.2, 0.25) is 5.02 Å². The van der Waals surface area contributed by atoms with Gasteiger partial charge < -0.3 is 10.1 Å². The molecule has 0 unspecified atom stereocenters. The summed E-state index contributed by atoms with van der Waals surface area (Å²) in [6.45, 7) is 1.16. The van der Waals surface area contributed by atoms with Gasteiger partial charge in [0, 0.05) is 41.9 Å². The van der Waals surface area contributed by atoms with Gasteiger partial charge in [0.25, 0.3) is 0 Å². The molecule has 0 saturated heterocycles. The maximum absolute atomic E-state index is 11.7. The topological polar surface area (TPSA) is 134 Å². The van der Waals surface area contributed by atoms with Gasteiger partial charge in [0.15, 0.2) is 5.82 Å². The van der Waals surface area contributed by atoms with Gasteiger partial charge in [-0.15, -0.1) is 0 Å². The molecule has 2 atom stereocenters. The predicted octanol–water partition coefficient (Wildman–Crippen LogP) is 4.37. The van der Waals surface area contributed by atoms with Crippen molar-refractivity contribution in [2.75, 3.05) is 23.9 Å². The number of pyridine rings is 1. The van der Waals surface area contributed by atoms with E-state index in [-0.39, 0.29) is 23.6 Å². The molecular weight excluding hydrogens is 508 g/mol. The average molecular weight is 531 g/mol. The number of rotatable bonds is 3. The van der Waals surface area contributed by atoms with E-state index in [1.165, 1.54) is 0 Å². The molecule has 4 aromatic rings. The average Bonchev–Trinajstić information content (AvgIpc) is 3.37. The van der Waals surface area contributed by atoms with Crippen LogP contribution in [0.3, 0.4) is 0 Å². The molecule has 0 amide bonds. The summed E-state index contributed by atoms with van der Waals surface area (Å²) in [4.78, 5) is 28.1. The van der Waals surface area contributed by atoms with E-state index in [2.05, 4.69) is 30.9 Å². The van der Waals surface area contributed by atoms with Crippen LogP contribution in [-0.2, 0) is 4.74 Å². The molecule has 1 aromatic carbocycles. The van der Waals surface area contributed by atoms with Crippen LogP contribution in [0, 0.1) is 5.92 Å². The molecule has 3 aliphatic rings. The van der Waals surface area contributed by atoms with Crippen molar-refractivity contribution in [1.29, 1.82) is 0 Å². The van der Waals surface area contributed by atoms with E-state index in [0.717, 1.165) is 47.5 Å². The van der Waals surface area contributed by atoms with Crippen LogP contribution in [0.25, 0.3) is 22.9 Å². The highest BCUT2D eigenvalue weighted by molar-refractivity contribution is 6.30. The Morgan fingerprint density at radius 1 is 1.13 bits per heavy atom. The molecule has 0 bridgehead atoms. The summed E-state index contributed by atoms with van der Waals surface area (Å²) >= 11 is 6.36. The number of hydrogen-bond acceptors (Lipinski definition) is 10. The summed E-state index contributed by atoms with van der Waals surface area (Å²) in [6, 6.07) is 11.4. The number of hydrazine groups is 1. The van der Waals surface area contributed by atoms with E-state index in [9.17, 15) is 4.79 Å². The first-order chi connectivity index (χ1) is 18.6. The first kappa shape index (κ1) is 22.8. The number of benzene rings is 1. The molecule has 2 aliphatic heterocycles. The van der Waals surface area contributed by atoms with Gasteiger partial charge in [-0.2, -0.15) is 0 Å². The fourth-order valence-electron chi connectivity index (χ4n) is 5.39. The summed E-state index contributed by atoms with van der Waals surface area (Å²) in [5.74, 6) is 1.43. The zero-order valence-corrected chi connectivity index (χ0v) is 20.9. The number of H-pyrrole nitrogens is 1. The molecule has 1 aliphatic carbocycles. The molecule has 0 saturated carbocycles. The third kappa shape index (κ3) is 3.95. The molecule has 11 nitrogen and oxygen atoms in total. The number of fused-ring (bicyclic) bond motifs is 1. The molecule has 0 radical (unpaired) electrons. The van der Waals surface area contributed by atoms with E-state index in [1.54, 1.807) is 12.4 Å². The lowest BCUT2D eigenvalue weighted by atomic mass is 9.88. The van der Waals surface area contributed by atoms with Crippen LogP contribution in [-0.4, -0.2) is 43.3 Å². The van der Waals surface area contributed by atoms with Crippen LogP contribution in [0.1, 0.15) is 30.9 Å². The zero-order valence-electron chi connectivity index (χ0n) is 20.1. The summed E-state index contributed by atoms with van der Waals surface area (Å²) in [7, 11) is 0. The lowest BCUT2D eigenvalue weighted by Crippen LogP contribution is -2.46. The third-order valence-electron chi connectivity index (χ3n) is 7.12. The van der Waals surface area contributed by atoms with Gasteiger partial charge in [-0.1, -0.05) is 28.9 Å². The quantitative estimate of drug-likeness (QED) is 0.350. The minimum atomic E-state index is -0.684. The highest BCUT2D eigenvalue weighted by Gasteiger charge is 2.39. The standard InChI is InChI=1S/C26H23ClN8O3/c27-17-5-1-3-15(11-17)20-21-23(31-24(30-20)25-32-26(36)38-34-25)33-35-18(14-7-9-28-10-8-14)13-37-19-6-2-4-16(12-29-21)22(19)35/h1,3,5,7-11,16,18,29H,2,4,6,12-13H2,(H,30,31,33)(H,32,34,36)/t16-,18-/m0/s1. The van der Waals surface area contributed by atoms with E-state index in [0.29, 0.717) is 29.7 Å². The SMILES string of the molecule is O=c1[nH]c(-c2nc3c(c(-c4cccc(Cl)c4)n2)NC[C@@H]2CCCC4=C2N(N3)[C@H](c2ccncc2)CO4)no1. The first-order valence-electron chi connectivity index (χ1n) is 12.4. The monoisotopic (exact) mass is 530 g/mol. The second-order valence-corrected chi connectivity index (χ2v) is 9.88. The van der Waals surface area contributed by atoms with E-state index >= 15 is 0 Å². The van der Waals surface area contributed by atoms with Crippen molar-refractivity contribution in [3.63, 3.8) is 0 Å². The molecule has 3 N–H and O–H groups in total. The van der Waals surface area contributed by atoms with Gasteiger partial charge in [0.05, 0.1) is 11.4 Å². The number of aromatic amines is 1. The number of hydrogen-bond donors (Lipinski definition) is 3. The highest BCUT2D eigenvalue weighted by Crippen LogP contribution is 2.45. The van der Waals surface area contributed by atoms with Crippen LogP contribution >= 0.6 is 11.6 Å². The van der Waals surface area contributed by atoms with Gasteiger partial charge >= 0.3 is 5.76 Å². The largest absolute Gasteiger partial charge is 0.493 e. The summed E-state index contributed by atoms with van der Waals surface area (Å²) in [5, 5.41) is 10.2. The van der Waals surface area contributed by atoms with Gasteiger partial charge in [0.2, 0.25) is 11.6 Å². The van der Waals surface area contributed by atoms with Gasteiger partial charge in [-0.3, -0.25) is 24.9 Å². The molecule has 5 heterocycles. The Hall–Kier alpha value is -4.38. The van der Waals surface area contributed by atoms with Crippen molar-refractivity contribution in [2.45, 2.75) is 25.3 Å². The minimum Gasteiger partial charge on any atom is -0.493 e. The second kappa shape index (κ2) is 9.18. The summed E-state index contributed by atoms with van der Waals surface area (Å²) in [6.07, 6.45) is 6.55. The number of ether oxygens (including phenoxy) is 1. The highest BCUT2D eigenvalue weighted by atomic mass is 35.5. The number of allylic oxidation sites excluding steroid dienone is 1. The van der Waals surface area contributed by atoms with Gasteiger partial charge in [-0.25, -0.2) is 14.8 Å². The number of anilines is 2. The van der Waals surface area contributed by atoms with E-state index < -0.39 is 5.76 Å². The molecular formula is C26H23ClN8O3. The number of halogens is 1. The van der Waals surface area contributed by atoms with Gasteiger partial charge in [0.1, 0.15) is 24.1 Å². The Labute approximate surface area is 221 Å². The van der Waals surface area contributed by atoms with Crippen LogP contribution in [0.4, 0.5) is 11.5 Å². The maximum atomic E-state index is 11.7. The smallest absolute Gasteiger partial charge is 0.439 e. The van der Waals surface area contributed by atoms with Crippen molar-refractivity contribution in [3.05, 3.63) is 81.4 Å². The zero-order chi connectivity index (χ0) is 25.6. The minimum absolute atomic E-state index is 0.108. The fourth-order valence-corrected chi connectivity index (χ4v) is 5.58. The molecule has 3 aromatic heterocycles. The lowest BCUT2D eigenvalue weighted by molar-refractivity contribution is 0.0612. The molecule has 7 rings (SSSR count). The normalized spacial score (nSPS) is 20.3. The van der Waals surface area contributed by atoms with Crippen molar-refractivity contribution in [1.82, 2.24) is 30.1 Å². The van der Waals surface area contributed by atoms with E-state index in [1.807, 2.05) is 36.4 Å². The van der Waals surface area contributed by atoms with Gasteiger partial charge in [-0.05, 0) is 42.7 Å². The van der Waals surface area contributed by atoms with Crippen molar-refractivity contribution < 1.29 is 9.26 Å². The van der Waals surface area contributed by atoms with Crippen LogP contribution in [0.5, 0.6) is 0 Å². The second-order valence-electron chi connectivity index (χ2n) is 9.44. The molecule has 38 heavy (non-hydrogen) atoms. The number of nitrogens with zero attached hydrogens (tertiary/aromatic N) is 5. The maximum Gasteiger partial charge on any atom is 0.439 e. The van der Waals surface area contributed by atoms with Crippen LogP contribution in [0.15, 0.2) is 69.6 Å². The van der Waals surface area contributed by atoms with Crippen LogP contribution < -0.4 is 16.5 Å². The third-order valence-corrected chi connectivity index (χ3v) is 7.35. The molecule has 0 fully saturated rings. The van der Waals surface area contributed by atoms with Crippen molar-refractivity contribution in [2.24, 2.45) is 5.92 Å². The Morgan fingerprint density at radius 2 is 2.03 bits per heavy atom. The molecule has 0 spiro atoms. The van der Waals surface area contributed by atoms with E-state index in [4.69, 9.17) is 30.8 Å². The Morgan fingerprint density at radius 3 is 2.84 bits per heavy atom. The first-order valence-corrected chi connectivity index (χ1v) is 12.8. The Kier molecular flexibility index (Phi) is 5.50. The predicted molar refractivity (Wildman–Crippen MR) is 140 cm³/mol. The molecule has 12 heteroatoms. The number of nitrogens with one attached hydrogen (secondary N) is 3. The summed E-state index contributed by atoms with van der Waals surface area (Å²) < 4.78 is 11.1. The summed E-state index contributed by atoms with van der Waals surface area (Å²) in [5.41, 5.74) is 7.95. The number of aromatic nitrogens is 5. The van der Waals surface area contributed by atoms with Crippen molar-refractivity contribution >= 4 is 23.1 Å².